The maximum absolute atomic E-state index is 13.3. The Morgan fingerprint density at radius 1 is 0.833 bits per heavy atom. The normalized spacial score (nSPS) is 11.1. The molecular formula is C21H18FNS. The highest BCUT2D eigenvalue weighted by Gasteiger charge is 1.99. The smallest absolute Gasteiger partial charge is 0.126 e. The van der Waals surface area contributed by atoms with Gasteiger partial charge >= 0.3 is 0 Å². The van der Waals surface area contributed by atoms with Crippen molar-refractivity contribution in [1.29, 1.82) is 0 Å². The first-order valence-electron chi connectivity index (χ1n) is 7.75. The highest BCUT2D eigenvalue weighted by atomic mass is 32.2. The van der Waals surface area contributed by atoms with Gasteiger partial charge in [-0.1, -0.05) is 41.6 Å². The average Bonchev–Trinajstić information content (AvgIpc) is 2.59. The fraction of sp³-hybridized carbons (Fsp3) is 0.0952. The molecule has 24 heavy (non-hydrogen) atoms. The molecule has 0 aliphatic carbocycles. The molecule has 3 aromatic carbocycles. The van der Waals surface area contributed by atoms with Gasteiger partial charge in [0.25, 0.3) is 0 Å². The Balaban J connectivity index is 1.68. The van der Waals surface area contributed by atoms with Crippen LogP contribution in [-0.2, 0) is 0 Å². The summed E-state index contributed by atoms with van der Waals surface area (Å²) in [5.74, 6) is -0.202. The molecule has 3 rings (SSSR count). The monoisotopic (exact) mass is 335 g/mol. The van der Waals surface area contributed by atoms with Crippen LogP contribution in [0.5, 0.6) is 0 Å². The summed E-state index contributed by atoms with van der Waals surface area (Å²) in [6, 6.07) is 21.6. The Labute approximate surface area is 146 Å². The number of rotatable bonds is 4. The number of benzene rings is 3. The van der Waals surface area contributed by atoms with Crippen molar-refractivity contribution >= 4 is 23.7 Å². The van der Waals surface area contributed by atoms with E-state index in [1.165, 1.54) is 21.4 Å². The zero-order chi connectivity index (χ0) is 16.9. The van der Waals surface area contributed by atoms with Gasteiger partial charge in [0.1, 0.15) is 5.82 Å². The van der Waals surface area contributed by atoms with Crippen molar-refractivity contribution in [2.75, 3.05) is 0 Å². The first kappa shape index (κ1) is 16.5. The molecule has 3 heteroatoms. The van der Waals surface area contributed by atoms with Gasteiger partial charge in [-0.05, 0) is 67.4 Å². The van der Waals surface area contributed by atoms with Crippen LogP contribution in [0.4, 0.5) is 10.1 Å². The fourth-order valence-corrected chi connectivity index (χ4v) is 3.04. The second kappa shape index (κ2) is 7.45. The van der Waals surface area contributed by atoms with Crippen LogP contribution in [0.1, 0.15) is 16.7 Å². The molecule has 0 atom stereocenters. The topological polar surface area (TPSA) is 12.4 Å². The minimum Gasteiger partial charge on any atom is -0.256 e. The molecule has 120 valence electrons. The van der Waals surface area contributed by atoms with Gasteiger partial charge in [-0.15, -0.1) is 0 Å². The summed E-state index contributed by atoms with van der Waals surface area (Å²) < 4.78 is 13.3. The minimum atomic E-state index is -0.202. The molecule has 0 bridgehead atoms. The lowest BCUT2D eigenvalue weighted by Crippen LogP contribution is -1.83. The van der Waals surface area contributed by atoms with Crippen LogP contribution in [-0.4, -0.2) is 6.21 Å². The van der Waals surface area contributed by atoms with Gasteiger partial charge in [0.15, 0.2) is 0 Å². The predicted molar refractivity (Wildman–Crippen MR) is 100 cm³/mol. The van der Waals surface area contributed by atoms with Crippen molar-refractivity contribution < 1.29 is 4.39 Å². The Morgan fingerprint density at radius 3 is 2.08 bits per heavy atom. The van der Waals surface area contributed by atoms with Crippen molar-refractivity contribution in [3.05, 3.63) is 89.2 Å². The predicted octanol–water partition coefficient (Wildman–Crippen LogP) is 6.34. The van der Waals surface area contributed by atoms with E-state index in [-0.39, 0.29) is 5.82 Å². The lowest BCUT2D eigenvalue weighted by atomic mass is 10.2. The summed E-state index contributed by atoms with van der Waals surface area (Å²) in [6.45, 7) is 3.83. The van der Waals surface area contributed by atoms with Crippen molar-refractivity contribution in [2.45, 2.75) is 23.6 Å². The highest BCUT2D eigenvalue weighted by molar-refractivity contribution is 7.99. The largest absolute Gasteiger partial charge is 0.256 e. The quantitative estimate of drug-likeness (QED) is 0.506. The van der Waals surface area contributed by atoms with Crippen LogP contribution >= 0.6 is 11.8 Å². The first-order valence-corrected chi connectivity index (χ1v) is 8.56. The van der Waals surface area contributed by atoms with Gasteiger partial charge in [0, 0.05) is 16.0 Å². The van der Waals surface area contributed by atoms with E-state index in [0.29, 0.717) is 5.56 Å². The van der Waals surface area contributed by atoms with Gasteiger partial charge < -0.3 is 0 Å². The van der Waals surface area contributed by atoms with Crippen molar-refractivity contribution in [3.63, 3.8) is 0 Å². The molecule has 0 spiro atoms. The van der Waals surface area contributed by atoms with E-state index in [4.69, 9.17) is 0 Å². The number of aliphatic imine (C=N–C) groups is 1. The Hall–Kier alpha value is -2.39. The van der Waals surface area contributed by atoms with Crippen LogP contribution < -0.4 is 0 Å². The maximum Gasteiger partial charge on any atom is 0.126 e. The maximum atomic E-state index is 13.3. The van der Waals surface area contributed by atoms with Gasteiger partial charge in [0.2, 0.25) is 0 Å². The summed E-state index contributed by atoms with van der Waals surface area (Å²) in [5.41, 5.74) is 3.65. The molecule has 0 saturated heterocycles. The highest BCUT2D eigenvalue weighted by Crippen LogP contribution is 2.27. The standard InChI is InChI=1S/C21H18FNS/c1-15-3-8-19(9-4-15)24-20-10-5-17(6-11-20)14-23-18-7-12-21(22)16(2)13-18/h3-14H,1-2H3. The van der Waals surface area contributed by atoms with Crippen molar-refractivity contribution in [1.82, 2.24) is 0 Å². The number of halogens is 1. The zero-order valence-corrected chi connectivity index (χ0v) is 14.5. The number of nitrogens with zero attached hydrogens (tertiary/aromatic N) is 1. The van der Waals surface area contributed by atoms with Gasteiger partial charge in [-0.25, -0.2) is 4.39 Å². The third-order valence-electron chi connectivity index (χ3n) is 3.64. The lowest BCUT2D eigenvalue weighted by Gasteiger charge is -2.03. The van der Waals surface area contributed by atoms with Crippen LogP contribution in [0.25, 0.3) is 0 Å². The molecule has 0 aliphatic rings. The van der Waals surface area contributed by atoms with Crippen LogP contribution in [0, 0.1) is 19.7 Å². The zero-order valence-electron chi connectivity index (χ0n) is 13.7. The lowest BCUT2D eigenvalue weighted by molar-refractivity contribution is 0.618. The van der Waals surface area contributed by atoms with E-state index in [0.717, 1.165) is 11.3 Å². The molecule has 0 amide bonds. The van der Waals surface area contributed by atoms with E-state index in [2.05, 4.69) is 48.3 Å². The number of aryl methyl sites for hydroxylation is 2. The molecule has 0 heterocycles. The number of hydrogen-bond acceptors (Lipinski definition) is 2. The minimum absolute atomic E-state index is 0.202. The molecule has 3 aromatic rings. The molecule has 0 fully saturated rings. The molecule has 1 nitrogen and oxygen atoms in total. The van der Waals surface area contributed by atoms with Gasteiger partial charge in [-0.3, -0.25) is 4.99 Å². The Bertz CT molecular complexity index is 852. The molecule has 0 aliphatic heterocycles. The van der Waals surface area contributed by atoms with Crippen LogP contribution in [0.15, 0.2) is 81.5 Å². The molecule has 0 saturated carbocycles. The number of hydrogen-bond donors (Lipinski definition) is 0. The summed E-state index contributed by atoms with van der Waals surface area (Å²) >= 11 is 1.74. The second-order valence-electron chi connectivity index (χ2n) is 5.68. The molecule has 0 unspecified atom stereocenters. The molecule has 0 radical (unpaired) electrons. The van der Waals surface area contributed by atoms with Crippen LogP contribution in [0.2, 0.25) is 0 Å². The average molecular weight is 335 g/mol. The van der Waals surface area contributed by atoms with Crippen molar-refractivity contribution in [3.8, 4) is 0 Å². The summed E-state index contributed by atoms with van der Waals surface area (Å²) in [7, 11) is 0. The third-order valence-corrected chi connectivity index (χ3v) is 4.66. The van der Waals surface area contributed by atoms with E-state index >= 15 is 0 Å². The van der Waals surface area contributed by atoms with Gasteiger partial charge in [0.05, 0.1) is 5.69 Å². The third kappa shape index (κ3) is 4.33. The van der Waals surface area contributed by atoms with E-state index < -0.39 is 0 Å². The SMILES string of the molecule is Cc1ccc(Sc2ccc(C=Nc3ccc(F)c(C)c3)cc2)cc1. The summed E-state index contributed by atoms with van der Waals surface area (Å²) in [5, 5.41) is 0. The first-order chi connectivity index (χ1) is 11.6. The van der Waals surface area contributed by atoms with Crippen molar-refractivity contribution in [2.24, 2.45) is 4.99 Å². The van der Waals surface area contributed by atoms with E-state index in [1.807, 2.05) is 12.1 Å². The van der Waals surface area contributed by atoms with E-state index in [9.17, 15) is 4.39 Å². The summed E-state index contributed by atoms with van der Waals surface area (Å²) in [6.07, 6.45) is 1.80. The second-order valence-corrected chi connectivity index (χ2v) is 6.82. The molecule has 0 N–H and O–H groups in total. The van der Waals surface area contributed by atoms with Gasteiger partial charge in [-0.2, -0.15) is 0 Å². The van der Waals surface area contributed by atoms with E-state index in [1.54, 1.807) is 37.0 Å². The summed E-state index contributed by atoms with van der Waals surface area (Å²) in [4.78, 5) is 6.82. The molecular weight excluding hydrogens is 317 g/mol. The van der Waals surface area contributed by atoms with Crippen LogP contribution in [0.3, 0.4) is 0 Å². The Morgan fingerprint density at radius 2 is 1.46 bits per heavy atom. The fourth-order valence-electron chi connectivity index (χ4n) is 2.22. The molecule has 0 aromatic heterocycles. The Kier molecular flexibility index (Phi) is 5.11.